The van der Waals surface area contributed by atoms with E-state index in [1.165, 1.54) is 0 Å². The molecule has 158 valence electrons. The van der Waals surface area contributed by atoms with Gasteiger partial charge in [-0.15, -0.1) is 0 Å². The number of carbonyl (C=O) groups is 4. The number of amides is 4. The number of hydrogen-bond acceptors (Lipinski definition) is 6. The molecule has 2 heterocycles. The smallest absolute Gasteiger partial charge is 0.242 e. The summed E-state index contributed by atoms with van der Waals surface area (Å²) in [6.45, 7) is 3.51. The summed E-state index contributed by atoms with van der Waals surface area (Å²) >= 11 is 9.82. The number of hydrogen-bond donors (Lipinski definition) is 4. The molecule has 10 heteroatoms. The third-order valence-corrected chi connectivity index (χ3v) is 6.37. The molecule has 2 saturated heterocycles. The molecule has 0 aromatic heterocycles. The zero-order chi connectivity index (χ0) is 22.1. The first-order valence-corrected chi connectivity index (χ1v) is 10.4. The first-order valence-electron chi connectivity index (χ1n) is 9.59. The molecule has 30 heavy (non-hydrogen) atoms. The predicted molar refractivity (Wildman–Crippen MR) is 117 cm³/mol. The molecule has 2 fully saturated rings. The lowest BCUT2D eigenvalue weighted by Gasteiger charge is -2.36. The van der Waals surface area contributed by atoms with Gasteiger partial charge in [0.1, 0.15) is 10.8 Å². The van der Waals surface area contributed by atoms with E-state index in [9.17, 15) is 19.2 Å². The first-order chi connectivity index (χ1) is 14.2. The molecule has 0 radical (unpaired) electrons. The van der Waals surface area contributed by atoms with Crippen molar-refractivity contribution in [1.82, 2.24) is 21.3 Å². The van der Waals surface area contributed by atoms with Crippen LogP contribution >= 0.6 is 24.4 Å². The van der Waals surface area contributed by atoms with Crippen molar-refractivity contribution in [3.63, 3.8) is 0 Å². The average molecular weight is 447 g/mol. The molecule has 0 bridgehead atoms. The number of thiocarbonyl (C=S) groups is 2. The lowest BCUT2D eigenvalue weighted by Crippen LogP contribution is -2.63. The quantitative estimate of drug-likeness (QED) is 0.376. The van der Waals surface area contributed by atoms with Crippen LogP contribution in [0.25, 0.3) is 0 Å². The number of carbonyl (C=O) groups excluding carboxylic acids is 4. The fourth-order valence-corrected chi connectivity index (χ4v) is 4.30. The van der Waals surface area contributed by atoms with Crippen LogP contribution in [-0.2, 0) is 32.0 Å². The van der Waals surface area contributed by atoms with Crippen molar-refractivity contribution in [1.29, 1.82) is 0 Å². The van der Waals surface area contributed by atoms with Crippen molar-refractivity contribution in [3.8, 4) is 0 Å². The monoisotopic (exact) mass is 446 g/mol. The Balaban J connectivity index is 1.98. The molecule has 0 saturated carbocycles. The molecule has 0 atom stereocenters. The highest BCUT2D eigenvalue weighted by Gasteiger charge is 2.50. The molecule has 4 amide bonds. The number of benzene rings is 1. The van der Waals surface area contributed by atoms with Gasteiger partial charge in [0.25, 0.3) is 0 Å². The van der Waals surface area contributed by atoms with E-state index in [0.717, 1.165) is 0 Å². The van der Waals surface area contributed by atoms with Crippen LogP contribution in [-0.4, -0.2) is 33.9 Å². The van der Waals surface area contributed by atoms with E-state index in [4.69, 9.17) is 24.4 Å². The van der Waals surface area contributed by atoms with Gasteiger partial charge in [0.05, 0.1) is 0 Å². The van der Waals surface area contributed by atoms with Gasteiger partial charge < -0.3 is 21.3 Å². The first kappa shape index (κ1) is 22.0. The predicted octanol–water partition coefficient (Wildman–Crippen LogP) is 0.626. The molecule has 2 aliphatic rings. The molecule has 8 nitrogen and oxygen atoms in total. The number of nitrogens with one attached hydrogen (secondary N) is 4. The van der Waals surface area contributed by atoms with E-state index < -0.39 is 34.5 Å². The van der Waals surface area contributed by atoms with Crippen LogP contribution in [0.4, 0.5) is 0 Å². The van der Waals surface area contributed by atoms with Gasteiger partial charge in [-0.1, -0.05) is 38.1 Å². The van der Waals surface area contributed by atoms with E-state index in [-0.39, 0.29) is 35.9 Å². The summed E-state index contributed by atoms with van der Waals surface area (Å²) in [6.07, 6.45) is 0.744. The van der Waals surface area contributed by atoms with Gasteiger partial charge in [0, 0.05) is 0 Å². The van der Waals surface area contributed by atoms with Crippen molar-refractivity contribution >= 4 is 58.3 Å². The molecule has 0 aliphatic carbocycles. The minimum absolute atomic E-state index is 0.0150. The maximum absolute atomic E-state index is 12.7. The average Bonchev–Trinajstić information content (AvgIpc) is 2.68. The van der Waals surface area contributed by atoms with Gasteiger partial charge >= 0.3 is 0 Å². The Hall–Kier alpha value is -2.72. The summed E-state index contributed by atoms with van der Waals surface area (Å²) in [5.74, 6) is -1.84. The Kier molecular flexibility index (Phi) is 6.00. The lowest BCUT2D eigenvalue weighted by atomic mass is 9.72. The summed E-state index contributed by atoms with van der Waals surface area (Å²) in [5, 5.41) is 10.1. The van der Waals surface area contributed by atoms with Crippen molar-refractivity contribution in [2.75, 3.05) is 0 Å². The molecule has 2 aliphatic heterocycles. The molecule has 0 unspecified atom stereocenters. The lowest BCUT2D eigenvalue weighted by molar-refractivity contribution is -0.145. The van der Waals surface area contributed by atoms with Crippen molar-refractivity contribution in [3.05, 3.63) is 35.4 Å². The summed E-state index contributed by atoms with van der Waals surface area (Å²) in [7, 11) is 0. The van der Waals surface area contributed by atoms with E-state index in [2.05, 4.69) is 21.3 Å². The number of rotatable bonds is 6. The Morgan fingerprint density at radius 3 is 1.23 bits per heavy atom. The summed E-state index contributed by atoms with van der Waals surface area (Å²) < 4.78 is 0. The second kappa shape index (κ2) is 8.19. The maximum atomic E-state index is 12.7. The van der Waals surface area contributed by atoms with E-state index in [1.54, 1.807) is 38.1 Å². The third kappa shape index (κ3) is 3.61. The summed E-state index contributed by atoms with van der Waals surface area (Å²) in [4.78, 5) is 50.9. The highest BCUT2D eigenvalue weighted by molar-refractivity contribution is 7.80. The fourth-order valence-electron chi connectivity index (χ4n) is 3.93. The van der Waals surface area contributed by atoms with Crippen molar-refractivity contribution < 1.29 is 19.2 Å². The van der Waals surface area contributed by atoms with E-state index in [0.29, 0.717) is 11.1 Å². The van der Waals surface area contributed by atoms with Crippen molar-refractivity contribution in [2.24, 2.45) is 10.8 Å². The Morgan fingerprint density at radius 2 is 0.967 bits per heavy atom. The topological polar surface area (TPSA) is 116 Å². The van der Waals surface area contributed by atoms with E-state index >= 15 is 0 Å². The van der Waals surface area contributed by atoms with Gasteiger partial charge in [0.2, 0.25) is 23.6 Å². The minimum atomic E-state index is -1.34. The zero-order valence-electron chi connectivity index (χ0n) is 16.6. The van der Waals surface area contributed by atoms with Crippen molar-refractivity contribution in [2.45, 2.75) is 39.5 Å². The summed E-state index contributed by atoms with van der Waals surface area (Å²) in [6, 6.07) is 7.18. The normalized spacial score (nSPS) is 20.2. The Morgan fingerprint density at radius 1 is 0.667 bits per heavy atom. The molecule has 4 N–H and O–H groups in total. The molecule has 1 aromatic rings. The van der Waals surface area contributed by atoms with Gasteiger partial charge in [-0.05, 0) is 61.2 Å². The maximum Gasteiger partial charge on any atom is 0.242 e. The van der Waals surface area contributed by atoms with Crippen LogP contribution in [0.3, 0.4) is 0 Å². The van der Waals surface area contributed by atoms with Gasteiger partial charge in [0.15, 0.2) is 10.2 Å². The van der Waals surface area contributed by atoms with Gasteiger partial charge in [-0.3, -0.25) is 19.2 Å². The van der Waals surface area contributed by atoms with Crippen LogP contribution < -0.4 is 21.3 Å². The fraction of sp³-hybridized carbons (Fsp3) is 0.400. The highest BCUT2D eigenvalue weighted by Crippen LogP contribution is 2.35. The van der Waals surface area contributed by atoms with Gasteiger partial charge in [-0.25, -0.2) is 0 Å². The van der Waals surface area contributed by atoms with Gasteiger partial charge in [-0.2, -0.15) is 0 Å². The molecule has 3 rings (SSSR count). The molecular formula is C20H22N4O4S2. The van der Waals surface area contributed by atoms with Crippen LogP contribution in [0.5, 0.6) is 0 Å². The SMILES string of the molecule is CCC1(Cc2ccccc2CC2(CC)C(=O)NC(=S)NC2=O)C(=O)NC(=S)NC1=O. The Bertz CT molecular complexity index is 858. The third-order valence-electron chi connectivity index (χ3n) is 5.96. The molecular weight excluding hydrogens is 424 g/mol. The zero-order valence-corrected chi connectivity index (χ0v) is 18.2. The van der Waals surface area contributed by atoms with Crippen LogP contribution in [0.2, 0.25) is 0 Å². The molecule has 1 aromatic carbocycles. The Labute approximate surface area is 184 Å². The molecule has 0 spiro atoms. The largest absolute Gasteiger partial charge is 0.302 e. The summed E-state index contributed by atoms with van der Waals surface area (Å²) in [5.41, 5.74) is -1.26. The van der Waals surface area contributed by atoms with Crippen LogP contribution in [0, 0.1) is 10.8 Å². The minimum Gasteiger partial charge on any atom is -0.302 e. The van der Waals surface area contributed by atoms with Crippen LogP contribution in [0.1, 0.15) is 37.8 Å². The van der Waals surface area contributed by atoms with E-state index in [1.807, 2.05) is 0 Å². The second-order valence-electron chi connectivity index (χ2n) is 7.47. The second-order valence-corrected chi connectivity index (χ2v) is 8.28. The van der Waals surface area contributed by atoms with Crippen LogP contribution in [0.15, 0.2) is 24.3 Å². The standard InChI is InChI=1S/C20H22N4O4S2/c1-3-19(13(25)21-17(29)22-14(19)26)9-11-7-5-6-8-12(11)10-20(4-2)15(27)23-18(30)24-16(20)28/h5-8H,3-4,9-10H2,1-2H3,(H2,21,22,25,26,29)(H2,23,24,27,28,30). The highest BCUT2D eigenvalue weighted by atomic mass is 32.1.